The number of amidine groups is 1. The van der Waals surface area contributed by atoms with E-state index in [0.717, 1.165) is 6.42 Å². The van der Waals surface area contributed by atoms with Crippen molar-refractivity contribution in [3.63, 3.8) is 0 Å². The van der Waals surface area contributed by atoms with Crippen molar-refractivity contribution in [1.82, 2.24) is 10.6 Å². The first kappa shape index (κ1) is 20.2. The smallest absolute Gasteiger partial charge is 0.277 e. The second kappa shape index (κ2) is 8.63. The van der Waals surface area contributed by atoms with Crippen molar-refractivity contribution < 1.29 is 14.3 Å². The van der Waals surface area contributed by atoms with Crippen LogP contribution in [0.3, 0.4) is 0 Å². The van der Waals surface area contributed by atoms with Gasteiger partial charge in [0.2, 0.25) is 5.66 Å². The molecule has 0 fully saturated rings. The molecule has 6 nitrogen and oxygen atoms in total. The van der Waals surface area contributed by atoms with Gasteiger partial charge in [0.25, 0.3) is 11.8 Å². The molecule has 1 aliphatic rings. The van der Waals surface area contributed by atoms with Crippen LogP contribution in [-0.4, -0.2) is 34.8 Å². The number of nitrogens with one attached hydrogen (secondary N) is 2. The van der Waals surface area contributed by atoms with Crippen LogP contribution in [0.5, 0.6) is 5.75 Å². The Morgan fingerprint density at radius 2 is 1.86 bits per heavy atom. The number of aliphatic imine (C=N–C) groups is 1. The number of hydrogen-bond acceptors (Lipinski definition) is 4. The molecule has 0 saturated carbocycles. The molecule has 0 unspecified atom stereocenters. The van der Waals surface area contributed by atoms with Crippen molar-refractivity contribution in [1.29, 1.82) is 0 Å². The van der Waals surface area contributed by atoms with Gasteiger partial charge in [-0.2, -0.15) is 0 Å². The minimum absolute atomic E-state index is 0.270. The van der Waals surface area contributed by atoms with Gasteiger partial charge >= 0.3 is 0 Å². The van der Waals surface area contributed by atoms with Crippen LogP contribution >= 0.6 is 23.2 Å². The summed E-state index contributed by atoms with van der Waals surface area (Å²) in [5.74, 6) is -0.123. The summed E-state index contributed by atoms with van der Waals surface area (Å²) < 4.78 is 5.55. The number of rotatable bonds is 7. The molecule has 0 bridgehead atoms. The predicted octanol–water partition coefficient (Wildman–Crippen LogP) is 3.28. The van der Waals surface area contributed by atoms with E-state index in [1.165, 1.54) is 0 Å². The molecule has 1 heterocycles. The molecule has 0 aliphatic carbocycles. The fourth-order valence-corrected chi connectivity index (χ4v) is 3.05. The maximum absolute atomic E-state index is 12.7. The second-order valence-electron chi connectivity index (χ2n) is 6.17. The van der Waals surface area contributed by atoms with E-state index >= 15 is 0 Å². The largest absolute Gasteiger partial charge is 0.494 e. The first-order valence-corrected chi connectivity index (χ1v) is 9.64. The fraction of sp³-hybridized carbons (Fsp3) is 0.250. The number of halogens is 2. The number of ether oxygens (including phenoxy) is 1. The summed E-state index contributed by atoms with van der Waals surface area (Å²) in [7, 11) is 0. The predicted molar refractivity (Wildman–Crippen MR) is 109 cm³/mol. The maximum Gasteiger partial charge on any atom is 0.277 e. The summed E-state index contributed by atoms with van der Waals surface area (Å²) in [6.45, 7) is 2.64. The Morgan fingerprint density at radius 1 is 1.18 bits per heavy atom. The quantitative estimate of drug-likeness (QED) is 0.675. The van der Waals surface area contributed by atoms with Gasteiger partial charge in [0.05, 0.1) is 6.61 Å². The van der Waals surface area contributed by atoms with Crippen molar-refractivity contribution in [3.8, 4) is 5.75 Å². The monoisotopic (exact) mass is 419 g/mol. The summed E-state index contributed by atoms with van der Waals surface area (Å²) in [5, 5.41) is 5.22. The van der Waals surface area contributed by atoms with E-state index in [9.17, 15) is 9.59 Å². The molecule has 2 aromatic carbocycles. The summed E-state index contributed by atoms with van der Waals surface area (Å²) in [5.41, 5.74) is -0.810. The fourth-order valence-electron chi connectivity index (χ4n) is 2.65. The zero-order chi connectivity index (χ0) is 20.1. The molecule has 0 radical (unpaired) electrons. The normalized spacial score (nSPS) is 18.6. The lowest BCUT2D eigenvalue weighted by Crippen LogP contribution is -2.58. The van der Waals surface area contributed by atoms with Gasteiger partial charge in [0, 0.05) is 11.1 Å². The van der Waals surface area contributed by atoms with E-state index < -0.39 is 22.3 Å². The van der Waals surface area contributed by atoms with E-state index in [2.05, 4.69) is 15.6 Å². The van der Waals surface area contributed by atoms with Gasteiger partial charge in [0.1, 0.15) is 11.6 Å². The van der Waals surface area contributed by atoms with Crippen molar-refractivity contribution in [2.45, 2.75) is 23.8 Å². The third-order valence-electron chi connectivity index (χ3n) is 4.12. The Bertz CT molecular complexity index is 885. The highest BCUT2D eigenvalue weighted by Crippen LogP contribution is 2.28. The molecule has 1 aliphatic heterocycles. The molecular formula is C20H19Cl2N3O3. The number of carbonyl (C=O) groups excluding carboxylic acids is 2. The van der Waals surface area contributed by atoms with Gasteiger partial charge in [-0.25, -0.2) is 4.99 Å². The summed E-state index contributed by atoms with van der Waals surface area (Å²) in [6, 6.07) is 15.5. The van der Waals surface area contributed by atoms with Crippen LogP contribution in [0.4, 0.5) is 0 Å². The number of carbonyl (C=O) groups is 2. The lowest BCUT2D eigenvalue weighted by molar-refractivity contribution is -0.124. The van der Waals surface area contributed by atoms with Crippen LogP contribution in [0.2, 0.25) is 0 Å². The highest BCUT2D eigenvalue weighted by molar-refractivity contribution is 6.47. The molecule has 146 valence electrons. The molecular weight excluding hydrogens is 401 g/mol. The Balaban J connectivity index is 1.86. The Morgan fingerprint density at radius 3 is 2.46 bits per heavy atom. The first-order valence-electron chi connectivity index (χ1n) is 8.76. The lowest BCUT2D eigenvalue weighted by atomic mass is 10.1. The van der Waals surface area contributed by atoms with Gasteiger partial charge in [-0.05, 0) is 42.8 Å². The Kier molecular flexibility index (Phi) is 6.21. The summed E-state index contributed by atoms with van der Waals surface area (Å²) in [4.78, 5) is 28.3. The highest BCUT2D eigenvalue weighted by atomic mass is 35.5. The summed E-state index contributed by atoms with van der Waals surface area (Å²) >= 11 is 12.1. The zero-order valence-corrected chi connectivity index (χ0v) is 16.6. The SMILES string of the molecule is CCCOc1ccc(C2=N[C@@](NC(=O)c3ccccc3)(C(Cl)Cl)C(=O)N2)cc1. The maximum atomic E-state index is 12.7. The average molecular weight is 420 g/mol. The first-order chi connectivity index (χ1) is 13.5. The molecule has 3 rings (SSSR count). The number of benzene rings is 2. The van der Waals surface area contributed by atoms with Crippen LogP contribution < -0.4 is 15.4 Å². The number of amides is 2. The number of alkyl halides is 2. The molecule has 0 spiro atoms. The molecule has 8 heteroatoms. The average Bonchev–Trinajstić information content (AvgIpc) is 3.05. The molecule has 2 N–H and O–H groups in total. The third-order valence-corrected chi connectivity index (χ3v) is 4.75. The van der Waals surface area contributed by atoms with E-state index in [4.69, 9.17) is 27.9 Å². The van der Waals surface area contributed by atoms with Gasteiger partial charge in [-0.15, -0.1) is 0 Å². The Labute approximate surface area is 172 Å². The minimum Gasteiger partial charge on any atom is -0.494 e. The molecule has 28 heavy (non-hydrogen) atoms. The number of hydrogen-bond donors (Lipinski definition) is 2. The van der Waals surface area contributed by atoms with Crippen molar-refractivity contribution in [3.05, 3.63) is 65.7 Å². The lowest BCUT2D eigenvalue weighted by Gasteiger charge is -2.25. The van der Waals surface area contributed by atoms with E-state index in [1.807, 2.05) is 6.92 Å². The van der Waals surface area contributed by atoms with Crippen LogP contribution in [0.25, 0.3) is 0 Å². The highest BCUT2D eigenvalue weighted by Gasteiger charge is 2.50. The van der Waals surface area contributed by atoms with E-state index in [0.29, 0.717) is 23.5 Å². The second-order valence-corrected chi connectivity index (χ2v) is 7.27. The van der Waals surface area contributed by atoms with Crippen molar-refractivity contribution in [2.24, 2.45) is 4.99 Å². The molecule has 1 atom stereocenters. The van der Waals surface area contributed by atoms with Crippen LogP contribution in [-0.2, 0) is 4.79 Å². The molecule has 2 aromatic rings. The van der Waals surface area contributed by atoms with E-state index in [-0.39, 0.29) is 5.84 Å². The van der Waals surface area contributed by atoms with Crippen molar-refractivity contribution >= 4 is 40.9 Å². The van der Waals surface area contributed by atoms with Crippen LogP contribution in [0.1, 0.15) is 29.3 Å². The zero-order valence-electron chi connectivity index (χ0n) is 15.1. The van der Waals surface area contributed by atoms with Crippen LogP contribution in [0, 0.1) is 0 Å². The standard InChI is InChI=1S/C20H19Cl2N3O3/c1-2-12-28-15-10-8-13(9-11-15)16-23-19(27)20(24-16,18(21)22)25-17(26)14-6-4-3-5-7-14/h3-11,18H,2,12H2,1H3,(H,25,26)(H,23,24,27)/t20-/m1/s1. The molecule has 2 amide bonds. The van der Waals surface area contributed by atoms with Gasteiger partial charge in [-0.3, -0.25) is 9.59 Å². The van der Waals surface area contributed by atoms with Gasteiger partial charge in [0.15, 0.2) is 4.84 Å². The van der Waals surface area contributed by atoms with Gasteiger partial charge in [-0.1, -0.05) is 48.3 Å². The number of nitrogens with zero attached hydrogens (tertiary/aromatic N) is 1. The Hall–Kier alpha value is -2.57. The minimum atomic E-state index is -1.82. The van der Waals surface area contributed by atoms with Crippen molar-refractivity contribution in [2.75, 3.05) is 6.61 Å². The van der Waals surface area contributed by atoms with E-state index in [1.54, 1.807) is 54.6 Å². The molecule has 0 saturated heterocycles. The summed E-state index contributed by atoms with van der Waals surface area (Å²) in [6.07, 6.45) is 0.904. The van der Waals surface area contributed by atoms with Gasteiger partial charge < -0.3 is 15.4 Å². The topological polar surface area (TPSA) is 79.8 Å². The third kappa shape index (κ3) is 4.13. The molecule has 0 aromatic heterocycles. The van der Waals surface area contributed by atoms with Crippen LogP contribution in [0.15, 0.2) is 59.6 Å².